The van der Waals surface area contributed by atoms with Gasteiger partial charge in [-0.3, -0.25) is 4.79 Å². The molecule has 1 heterocycles. The summed E-state index contributed by atoms with van der Waals surface area (Å²) in [7, 11) is 1.58. The summed E-state index contributed by atoms with van der Waals surface area (Å²) >= 11 is 12.5. The number of carbonyl (C=O) groups excluding carboxylic acids is 2. The van der Waals surface area contributed by atoms with Gasteiger partial charge in [0.15, 0.2) is 11.8 Å². The van der Waals surface area contributed by atoms with Gasteiger partial charge in [-0.2, -0.15) is 4.37 Å². The molecule has 9 heteroatoms. The molecule has 6 nitrogen and oxygen atoms in total. The Kier molecular flexibility index (Phi) is 7.04. The molecule has 0 radical (unpaired) electrons. The second kappa shape index (κ2) is 9.03. The summed E-state index contributed by atoms with van der Waals surface area (Å²) in [6, 6.07) is 7.27. The Morgan fingerprint density at radius 2 is 1.96 bits per heavy atom. The fourth-order valence-corrected chi connectivity index (χ4v) is 2.92. The summed E-state index contributed by atoms with van der Waals surface area (Å²) in [5, 5.41) is 2.76. The molecule has 0 saturated carbocycles. The molecule has 1 N–H and O–H groups in total. The number of nitrogens with zero attached hydrogens (tertiary/aromatic N) is 1. The van der Waals surface area contributed by atoms with Crippen LogP contribution >= 0.6 is 34.7 Å². The van der Waals surface area contributed by atoms with Gasteiger partial charge in [-0.15, -0.1) is 0 Å². The number of rotatable bonds is 7. The first-order valence-corrected chi connectivity index (χ1v) is 8.91. The van der Waals surface area contributed by atoms with Crippen LogP contribution in [0.4, 0.5) is 0 Å². The maximum absolute atomic E-state index is 12.2. The lowest BCUT2D eigenvalue weighted by Crippen LogP contribution is -2.37. The van der Waals surface area contributed by atoms with Gasteiger partial charge in [0, 0.05) is 6.54 Å². The Morgan fingerprint density at radius 1 is 1.28 bits per heavy atom. The Labute approximate surface area is 159 Å². The van der Waals surface area contributed by atoms with Crippen molar-refractivity contribution >= 4 is 46.6 Å². The second-order valence-corrected chi connectivity index (χ2v) is 6.74. The van der Waals surface area contributed by atoms with Crippen LogP contribution in [0, 0.1) is 0 Å². The van der Waals surface area contributed by atoms with Gasteiger partial charge in [-0.25, -0.2) is 4.79 Å². The molecule has 25 heavy (non-hydrogen) atoms. The molecule has 0 aliphatic rings. The van der Waals surface area contributed by atoms with Gasteiger partial charge in [0.05, 0.1) is 7.11 Å². The topological polar surface area (TPSA) is 77.5 Å². The zero-order valence-electron chi connectivity index (χ0n) is 13.5. The Hall–Kier alpha value is -1.83. The number of hydrogen-bond donors (Lipinski definition) is 1. The predicted octanol–water partition coefficient (Wildman–Crippen LogP) is 3.71. The fourth-order valence-electron chi connectivity index (χ4n) is 1.94. The van der Waals surface area contributed by atoms with Crippen LogP contribution in [-0.4, -0.2) is 29.5 Å². The van der Waals surface area contributed by atoms with Crippen molar-refractivity contribution in [2.75, 3.05) is 7.11 Å². The van der Waals surface area contributed by atoms with Crippen molar-refractivity contribution in [3.8, 4) is 5.75 Å². The van der Waals surface area contributed by atoms with Crippen LogP contribution in [0.25, 0.3) is 0 Å². The number of halogens is 2. The Morgan fingerprint density at radius 3 is 2.48 bits per heavy atom. The summed E-state index contributed by atoms with van der Waals surface area (Å²) in [6.45, 7) is 2.04. The van der Waals surface area contributed by atoms with Crippen LogP contribution < -0.4 is 10.1 Å². The number of amides is 1. The smallest absolute Gasteiger partial charge is 0.360 e. The molecule has 0 aliphatic heterocycles. The van der Waals surface area contributed by atoms with E-state index >= 15 is 0 Å². The Bertz CT molecular complexity index is 749. The van der Waals surface area contributed by atoms with E-state index in [1.54, 1.807) is 26.2 Å². The molecule has 0 spiro atoms. The van der Waals surface area contributed by atoms with E-state index in [4.69, 9.17) is 32.7 Å². The van der Waals surface area contributed by atoms with Gasteiger partial charge in [-0.1, -0.05) is 42.3 Å². The number of ether oxygens (including phenoxy) is 2. The molecule has 1 amide bonds. The zero-order valence-corrected chi connectivity index (χ0v) is 15.9. The van der Waals surface area contributed by atoms with Crippen molar-refractivity contribution in [2.45, 2.75) is 26.0 Å². The molecule has 0 bridgehead atoms. The van der Waals surface area contributed by atoms with Crippen LogP contribution in [0.1, 0.15) is 29.4 Å². The number of carbonyl (C=O) groups is 2. The predicted molar refractivity (Wildman–Crippen MR) is 96.5 cm³/mol. The molecule has 2 aromatic rings. The van der Waals surface area contributed by atoms with Crippen molar-refractivity contribution in [2.24, 2.45) is 0 Å². The summed E-state index contributed by atoms with van der Waals surface area (Å²) < 4.78 is 14.3. The number of benzene rings is 1. The lowest BCUT2D eigenvalue weighted by Gasteiger charge is -2.15. The molecule has 2 rings (SSSR count). The molecule has 1 aromatic carbocycles. The van der Waals surface area contributed by atoms with Crippen molar-refractivity contribution in [3.05, 3.63) is 44.9 Å². The third-order valence-corrected chi connectivity index (χ3v) is 4.94. The average Bonchev–Trinajstić information content (AvgIpc) is 2.97. The van der Waals surface area contributed by atoms with E-state index in [0.717, 1.165) is 22.8 Å². The monoisotopic (exact) mass is 402 g/mol. The van der Waals surface area contributed by atoms with Crippen molar-refractivity contribution < 1.29 is 19.1 Å². The summed E-state index contributed by atoms with van der Waals surface area (Å²) in [5.41, 5.74) is 0.808. The largest absolute Gasteiger partial charge is 0.497 e. The second-order valence-electron chi connectivity index (χ2n) is 4.99. The minimum atomic E-state index is -0.942. The summed E-state index contributed by atoms with van der Waals surface area (Å²) in [5.74, 6) is -0.446. The van der Waals surface area contributed by atoms with Crippen molar-refractivity contribution in [1.82, 2.24) is 9.69 Å². The van der Waals surface area contributed by atoms with Gasteiger partial charge in [0.2, 0.25) is 0 Å². The maximum atomic E-state index is 12.2. The molecule has 1 atom stereocenters. The summed E-state index contributed by atoms with van der Waals surface area (Å²) in [6.07, 6.45) is -0.627. The van der Waals surface area contributed by atoms with E-state index in [2.05, 4.69) is 9.69 Å². The number of aromatic nitrogens is 1. The number of methoxy groups -OCH3 is 1. The van der Waals surface area contributed by atoms with E-state index in [0.29, 0.717) is 13.0 Å². The minimum Gasteiger partial charge on any atom is -0.497 e. The van der Waals surface area contributed by atoms with Crippen molar-refractivity contribution in [3.63, 3.8) is 0 Å². The van der Waals surface area contributed by atoms with E-state index in [1.807, 2.05) is 12.1 Å². The van der Waals surface area contributed by atoms with Crippen LogP contribution in [0.5, 0.6) is 5.75 Å². The highest BCUT2D eigenvalue weighted by molar-refractivity contribution is 7.11. The molecule has 0 aliphatic carbocycles. The van der Waals surface area contributed by atoms with Crippen LogP contribution in [0.15, 0.2) is 24.3 Å². The number of nitrogens with one attached hydrogen (secondary N) is 1. The fraction of sp³-hybridized carbons (Fsp3) is 0.312. The first kappa shape index (κ1) is 19.5. The first-order chi connectivity index (χ1) is 12.0. The van der Waals surface area contributed by atoms with E-state index in [9.17, 15) is 9.59 Å². The van der Waals surface area contributed by atoms with E-state index in [1.165, 1.54) is 0 Å². The first-order valence-electron chi connectivity index (χ1n) is 7.38. The summed E-state index contributed by atoms with van der Waals surface area (Å²) in [4.78, 5) is 24.3. The van der Waals surface area contributed by atoms with Crippen LogP contribution in [0.2, 0.25) is 9.36 Å². The van der Waals surface area contributed by atoms with Gasteiger partial charge in [0.25, 0.3) is 5.91 Å². The lowest BCUT2D eigenvalue weighted by molar-refractivity contribution is -0.130. The Balaban J connectivity index is 1.93. The zero-order chi connectivity index (χ0) is 18.4. The van der Waals surface area contributed by atoms with Crippen LogP contribution in [0.3, 0.4) is 0 Å². The molecular weight excluding hydrogens is 387 g/mol. The van der Waals surface area contributed by atoms with Gasteiger partial charge < -0.3 is 14.8 Å². The molecule has 0 saturated heterocycles. The van der Waals surface area contributed by atoms with Crippen LogP contribution in [-0.2, 0) is 16.1 Å². The van der Waals surface area contributed by atoms with Crippen molar-refractivity contribution in [1.29, 1.82) is 0 Å². The number of esters is 1. The third-order valence-electron chi connectivity index (χ3n) is 3.33. The minimum absolute atomic E-state index is 0.0326. The highest BCUT2D eigenvalue weighted by atomic mass is 35.5. The third kappa shape index (κ3) is 5.07. The molecule has 0 fully saturated rings. The lowest BCUT2D eigenvalue weighted by atomic mass is 10.2. The molecule has 0 unspecified atom stereocenters. The van der Waals surface area contributed by atoms with E-state index in [-0.39, 0.29) is 15.1 Å². The molecule has 1 aromatic heterocycles. The average molecular weight is 403 g/mol. The quantitative estimate of drug-likeness (QED) is 0.714. The SMILES string of the molecule is CC[C@H](OC(=O)c1nsc(Cl)c1Cl)C(=O)NCc1ccc(OC)cc1. The molecule has 134 valence electrons. The van der Waals surface area contributed by atoms with Gasteiger partial charge in [0.1, 0.15) is 15.1 Å². The standard InChI is InChI=1S/C16H16Cl2N2O4S/c1-3-11(24-16(22)13-12(17)14(18)25-20-13)15(21)19-8-9-4-6-10(23-2)7-5-9/h4-7,11H,3,8H2,1-2H3,(H,19,21)/t11-/m0/s1. The normalized spacial score (nSPS) is 11.7. The van der Waals surface area contributed by atoms with Gasteiger partial charge in [-0.05, 0) is 35.6 Å². The molecular formula is C16H16Cl2N2O4S. The maximum Gasteiger partial charge on any atom is 0.360 e. The van der Waals surface area contributed by atoms with E-state index < -0.39 is 18.0 Å². The highest BCUT2D eigenvalue weighted by Crippen LogP contribution is 2.30. The number of hydrogen-bond acceptors (Lipinski definition) is 6. The highest BCUT2D eigenvalue weighted by Gasteiger charge is 2.25. The van der Waals surface area contributed by atoms with Gasteiger partial charge >= 0.3 is 5.97 Å².